The van der Waals surface area contributed by atoms with Gasteiger partial charge in [-0.25, -0.2) is 18.7 Å². The first-order valence-electron chi connectivity index (χ1n) is 5.87. The number of aryl methyl sites for hydroxylation is 1. The minimum atomic E-state index is -2.53. The third kappa shape index (κ3) is 4.82. The summed E-state index contributed by atoms with van der Waals surface area (Å²) in [5, 5.41) is 5.78. The molecule has 0 aliphatic heterocycles. The van der Waals surface area contributed by atoms with E-state index in [-0.39, 0.29) is 5.56 Å². The topological polar surface area (TPSA) is 37.8 Å². The zero-order chi connectivity index (χ0) is 15.2. The lowest BCUT2D eigenvalue weighted by Gasteiger charge is -2.07. The highest BCUT2D eigenvalue weighted by atomic mass is 127. The highest BCUT2D eigenvalue weighted by Crippen LogP contribution is 2.22. The summed E-state index contributed by atoms with van der Waals surface area (Å²) in [5.41, 5.74) is 1.51. The molecule has 0 saturated heterocycles. The Morgan fingerprint density at radius 2 is 2.10 bits per heavy atom. The zero-order valence-electron chi connectivity index (χ0n) is 10.9. The number of hydrogen-bond acceptors (Lipinski definition) is 4. The van der Waals surface area contributed by atoms with Gasteiger partial charge in [-0.2, -0.15) is 0 Å². The maximum absolute atomic E-state index is 12.7. The van der Waals surface area contributed by atoms with E-state index in [9.17, 15) is 8.78 Å². The Morgan fingerprint density at radius 3 is 2.81 bits per heavy atom. The second-order valence-electron chi connectivity index (χ2n) is 4.12. The Bertz CT molecular complexity index is 698. The van der Waals surface area contributed by atoms with Crippen LogP contribution in [-0.4, -0.2) is 9.97 Å². The molecule has 2 aromatic rings. The predicted octanol–water partition coefficient (Wildman–Crippen LogP) is 4.86. The van der Waals surface area contributed by atoms with Gasteiger partial charge in [-0.05, 0) is 56.9 Å². The number of anilines is 2. The molecule has 1 N–H and O–H groups in total. The molecule has 0 spiro atoms. The van der Waals surface area contributed by atoms with E-state index in [1.807, 2.05) is 13.0 Å². The summed E-state index contributed by atoms with van der Waals surface area (Å²) in [4.78, 5) is 8.32. The lowest BCUT2D eigenvalue weighted by Crippen LogP contribution is -1.99. The third-order valence-corrected chi connectivity index (χ3v) is 3.32. The van der Waals surface area contributed by atoms with Crippen LogP contribution in [0.15, 0.2) is 30.5 Å². The average molecular weight is 417 g/mol. The number of rotatable bonds is 3. The first-order valence-corrected chi connectivity index (χ1v) is 9.23. The number of hydrogen-bond donors (Lipinski definition) is 1. The van der Waals surface area contributed by atoms with Crippen LogP contribution in [0.5, 0.6) is 0 Å². The molecule has 108 valence electrons. The molecule has 0 radical (unpaired) electrons. The summed E-state index contributed by atoms with van der Waals surface area (Å²) in [5.74, 6) is 3.76. The Labute approximate surface area is 137 Å². The molecular formula is C14H10F2IN3S. The van der Waals surface area contributed by atoms with Crippen molar-refractivity contribution in [2.45, 2.75) is 13.3 Å². The van der Waals surface area contributed by atoms with Crippen LogP contribution in [0.25, 0.3) is 0 Å². The zero-order valence-corrected chi connectivity index (χ0v) is 13.9. The van der Waals surface area contributed by atoms with Gasteiger partial charge in [-0.1, -0.05) is 0 Å². The van der Waals surface area contributed by atoms with Crippen LogP contribution in [0.3, 0.4) is 0 Å². The largest absolute Gasteiger partial charge is 0.325 e. The van der Waals surface area contributed by atoms with E-state index in [2.05, 4.69) is 47.7 Å². The second-order valence-corrected chi connectivity index (χ2v) is 5.80. The number of pyridine rings is 2. The van der Waals surface area contributed by atoms with Crippen LogP contribution in [0.2, 0.25) is 0 Å². The SMILES string of the molecule is Cc1cc(C#CSI)nc(Nc2cc(C(F)F)ccn2)c1. The van der Waals surface area contributed by atoms with Gasteiger partial charge in [-0.3, -0.25) is 0 Å². The monoisotopic (exact) mass is 417 g/mol. The predicted molar refractivity (Wildman–Crippen MR) is 89.9 cm³/mol. The van der Waals surface area contributed by atoms with Gasteiger partial charge < -0.3 is 5.32 Å². The van der Waals surface area contributed by atoms with Crippen LogP contribution in [0.1, 0.15) is 23.2 Å². The van der Waals surface area contributed by atoms with Gasteiger partial charge in [0.25, 0.3) is 6.43 Å². The maximum atomic E-state index is 12.7. The van der Waals surface area contributed by atoms with Crippen LogP contribution in [0.4, 0.5) is 20.4 Å². The molecular weight excluding hydrogens is 407 g/mol. The van der Waals surface area contributed by atoms with E-state index >= 15 is 0 Å². The van der Waals surface area contributed by atoms with E-state index in [1.54, 1.807) is 6.07 Å². The van der Waals surface area contributed by atoms with Gasteiger partial charge in [0.2, 0.25) is 0 Å². The van der Waals surface area contributed by atoms with Crippen molar-refractivity contribution >= 4 is 41.8 Å². The number of nitrogens with one attached hydrogen (secondary N) is 1. The van der Waals surface area contributed by atoms with Crippen LogP contribution in [0, 0.1) is 18.1 Å². The van der Waals surface area contributed by atoms with Gasteiger partial charge in [-0.15, -0.1) is 0 Å². The van der Waals surface area contributed by atoms with E-state index in [1.165, 1.54) is 27.3 Å². The Balaban J connectivity index is 2.27. The lowest BCUT2D eigenvalue weighted by molar-refractivity contribution is 0.151. The van der Waals surface area contributed by atoms with Gasteiger partial charge in [0.05, 0.1) is 0 Å². The highest BCUT2D eigenvalue weighted by Gasteiger charge is 2.08. The Hall–Kier alpha value is -1.40. The van der Waals surface area contributed by atoms with E-state index < -0.39 is 6.43 Å². The first kappa shape index (κ1) is 16.0. The Kier molecular flexibility index (Phi) is 5.76. The molecule has 0 bridgehead atoms. The van der Waals surface area contributed by atoms with Crippen LogP contribution < -0.4 is 5.32 Å². The molecule has 0 saturated carbocycles. The molecule has 0 aliphatic rings. The standard InChI is InChI=1S/C14H10F2IN3S/c1-9-6-11(3-5-21-17)19-13(7-9)20-12-8-10(14(15)16)2-4-18-12/h2,4,6-8,14H,1H3,(H,18,19,20). The van der Waals surface area contributed by atoms with Crippen LogP contribution in [-0.2, 0) is 0 Å². The summed E-state index contributed by atoms with van der Waals surface area (Å²) < 4.78 is 25.3. The van der Waals surface area contributed by atoms with Gasteiger partial charge >= 0.3 is 0 Å². The van der Waals surface area contributed by atoms with E-state index in [4.69, 9.17) is 0 Å². The molecule has 3 nitrogen and oxygen atoms in total. The molecule has 21 heavy (non-hydrogen) atoms. The number of aromatic nitrogens is 2. The molecule has 0 aliphatic carbocycles. The summed E-state index contributed by atoms with van der Waals surface area (Å²) >= 11 is 2.08. The van der Waals surface area contributed by atoms with Crippen molar-refractivity contribution in [3.63, 3.8) is 0 Å². The second kappa shape index (κ2) is 7.56. The van der Waals surface area contributed by atoms with Gasteiger partial charge in [0.1, 0.15) is 17.3 Å². The molecule has 0 aromatic carbocycles. The molecule has 0 unspecified atom stereocenters. The summed E-state index contributed by atoms with van der Waals surface area (Å²) in [6, 6.07) is 6.25. The molecule has 2 aromatic heterocycles. The average Bonchev–Trinajstić information content (AvgIpc) is 2.45. The van der Waals surface area contributed by atoms with Crippen molar-refractivity contribution in [1.82, 2.24) is 9.97 Å². The van der Waals surface area contributed by atoms with Gasteiger partial charge in [0.15, 0.2) is 0 Å². The van der Waals surface area contributed by atoms with Crippen LogP contribution >= 0.6 is 30.1 Å². The third-order valence-electron chi connectivity index (χ3n) is 2.48. The Morgan fingerprint density at radius 1 is 1.29 bits per heavy atom. The maximum Gasteiger partial charge on any atom is 0.264 e. The molecule has 2 rings (SSSR count). The highest BCUT2D eigenvalue weighted by molar-refractivity contribution is 14.2. The lowest BCUT2D eigenvalue weighted by atomic mass is 10.2. The van der Waals surface area contributed by atoms with Crippen molar-refractivity contribution in [2.75, 3.05) is 5.32 Å². The fourth-order valence-corrected chi connectivity index (χ4v) is 2.12. The molecule has 0 atom stereocenters. The fraction of sp³-hybridized carbons (Fsp3) is 0.143. The molecule has 0 amide bonds. The minimum absolute atomic E-state index is 0.0820. The van der Waals surface area contributed by atoms with Crippen molar-refractivity contribution in [3.05, 3.63) is 47.3 Å². The molecule has 7 heteroatoms. The molecule has 0 fully saturated rings. The summed E-state index contributed by atoms with van der Waals surface area (Å²) in [6.45, 7) is 1.91. The first-order chi connectivity index (χ1) is 10.1. The normalized spacial score (nSPS) is 10.1. The van der Waals surface area contributed by atoms with Crippen molar-refractivity contribution in [2.24, 2.45) is 0 Å². The summed E-state index contributed by atoms with van der Waals surface area (Å²) in [7, 11) is 1.37. The van der Waals surface area contributed by atoms with Gasteiger partial charge in [0, 0.05) is 33.0 Å². The number of nitrogens with zero attached hydrogens (tertiary/aromatic N) is 2. The van der Waals surface area contributed by atoms with Crippen molar-refractivity contribution in [3.8, 4) is 11.2 Å². The smallest absolute Gasteiger partial charge is 0.264 e. The van der Waals surface area contributed by atoms with Crippen molar-refractivity contribution in [1.29, 1.82) is 0 Å². The molecule has 2 heterocycles. The minimum Gasteiger partial charge on any atom is -0.325 e. The fourth-order valence-electron chi connectivity index (χ4n) is 1.65. The quantitative estimate of drug-likeness (QED) is 0.572. The van der Waals surface area contributed by atoms with Crippen molar-refractivity contribution < 1.29 is 8.78 Å². The number of alkyl halides is 2. The summed E-state index contributed by atoms with van der Waals surface area (Å²) in [6.07, 6.45) is -1.19. The number of halogens is 3. The van der Waals surface area contributed by atoms with E-state index in [0.29, 0.717) is 17.3 Å². The van der Waals surface area contributed by atoms with E-state index in [0.717, 1.165) is 5.56 Å².